The van der Waals surface area contributed by atoms with Gasteiger partial charge in [0.15, 0.2) is 6.29 Å². The Bertz CT molecular complexity index is 1890. The highest BCUT2D eigenvalue weighted by atomic mass is 16.7. The van der Waals surface area contributed by atoms with Gasteiger partial charge in [-0.3, -0.25) is 4.79 Å². The molecule has 1 fully saturated rings. The van der Waals surface area contributed by atoms with E-state index in [1.165, 1.54) is 161 Å². The minimum atomic E-state index is -1.57. The van der Waals surface area contributed by atoms with Crippen LogP contribution in [0.25, 0.3) is 0 Å². The lowest BCUT2D eigenvalue weighted by molar-refractivity contribution is -0.302. The SMILES string of the molecule is CC/C=C\C/C=C\C/C=C\C/C=C\C/C=C\C/C=C\C/C=C\C/C=C\C/C=C\C/C=C\C/C=C\CCCCCCCC(=O)NC(COC1OC(CO)C(O)C(O)C1O)C(O)CCCCCCCCCCCCCCCCCCCCCCCCCCCCCC. The molecule has 1 amide bonds. The number of unbranched alkanes of at least 4 members (excludes halogenated alkanes) is 32. The average molecular weight is 1260 g/mol. The third-order valence-electron chi connectivity index (χ3n) is 17.0. The van der Waals surface area contributed by atoms with E-state index in [0.717, 1.165) is 128 Å². The summed E-state index contributed by atoms with van der Waals surface area (Å²) in [5, 5.41) is 55.0. The molecule has 1 heterocycles. The van der Waals surface area contributed by atoms with Gasteiger partial charge >= 0.3 is 0 Å². The number of carbonyl (C=O) groups is 1. The van der Waals surface area contributed by atoms with E-state index >= 15 is 0 Å². The van der Waals surface area contributed by atoms with Gasteiger partial charge in [0.2, 0.25) is 5.91 Å². The summed E-state index contributed by atoms with van der Waals surface area (Å²) in [6.07, 6.45) is 96.6. The van der Waals surface area contributed by atoms with Crippen LogP contribution >= 0.6 is 0 Å². The summed E-state index contributed by atoms with van der Waals surface area (Å²) in [6.45, 7) is 3.74. The highest BCUT2D eigenvalue weighted by Gasteiger charge is 2.44. The van der Waals surface area contributed by atoms with Gasteiger partial charge < -0.3 is 40.3 Å². The molecule has 0 aromatic heterocycles. The number of nitrogens with one attached hydrogen (secondary N) is 1. The van der Waals surface area contributed by atoms with Crippen molar-refractivity contribution in [1.29, 1.82) is 0 Å². The van der Waals surface area contributed by atoms with Crippen LogP contribution in [0.5, 0.6) is 0 Å². The third-order valence-corrected chi connectivity index (χ3v) is 17.0. The lowest BCUT2D eigenvalue weighted by Crippen LogP contribution is -2.60. The van der Waals surface area contributed by atoms with Crippen LogP contribution in [-0.4, -0.2) is 87.5 Å². The smallest absolute Gasteiger partial charge is 0.220 e. The van der Waals surface area contributed by atoms with Crippen molar-refractivity contribution in [3.05, 3.63) is 134 Å². The van der Waals surface area contributed by atoms with Crippen molar-refractivity contribution < 1.29 is 39.8 Å². The highest BCUT2D eigenvalue weighted by molar-refractivity contribution is 5.76. The minimum Gasteiger partial charge on any atom is -0.394 e. The molecule has 1 aliphatic rings. The summed E-state index contributed by atoms with van der Waals surface area (Å²) in [7, 11) is 0. The van der Waals surface area contributed by atoms with Gasteiger partial charge in [-0.1, -0.05) is 347 Å². The van der Waals surface area contributed by atoms with Gasteiger partial charge in [-0.15, -0.1) is 0 Å². The molecule has 516 valence electrons. The summed E-state index contributed by atoms with van der Waals surface area (Å²) in [6, 6.07) is -0.742. The maximum absolute atomic E-state index is 13.2. The molecule has 0 aromatic rings. The number of hydrogen-bond acceptors (Lipinski definition) is 8. The fraction of sp³-hybridized carbons (Fsp3) is 0.716. The Kier molecular flexibility index (Phi) is 63.9. The van der Waals surface area contributed by atoms with E-state index in [-0.39, 0.29) is 12.5 Å². The van der Waals surface area contributed by atoms with Gasteiger partial charge in [-0.25, -0.2) is 0 Å². The van der Waals surface area contributed by atoms with Crippen LogP contribution in [0.4, 0.5) is 0 Å². The first kappa shape index (κ1) is 84.3. The Labute approximate surface area is 553 Å². The topological polar surface area (TPSA) is 149 Å². The first-order valence-corrected chi connectivity index (χ1v) is 37.4. The zero-order valence-electron chi connectivity index (χ0n) is 57.9. The third kappa shape index (κ3) is 55.9. The summed E-state index contributed by atoms with van der Waals surface area (Å²) in [4.78, 5) is 13.2. The molecule has 1 rings (SSSR count). The molecule has 0 saturated carbocycles. The maximum atomic E-state index is 13.2. The second kappa shape index (κ2) is 68.2. The molecule has 9 nitrogen and oxygen atoms in total. The van der Waals surface area contributed by atoms with Crippen LogP contribution in [0.3, 0.4) is 0 Å². The fourth-order valence-corrected chi connectivity index (χ4v) is 11.2. The molecular weight excluding hydrogens is 1110 g/mol. The Morgan fingerprint density at radius 3 is 1.02 bits per heavy atom. The van der Waals surface area contributed by atoms with Crippen LogP contribution in [0, 0.1) is 0 Å². The van der Waals surface area contributed by atoms with Gasteiger partial charge in [0.05, 0.1) is 25.4 Å². The quantitative estimate of drug-likeness (QED) is 0.0261. The second-order valence-corrected chi connectivity index (χ2v) is 25.4. The number of ether oxygens (including phenoxy) is 2. The second-order valence-electron chi connectivity index (χ2n) is 25.4. The highest BCUT2D eigenvalue weighted by Crippen LogP contribution is 2.24. The average Bonchev–Trinajstić information content (AvgIpc) is 2.75. The summed E-state index contributed by atoms with van der Waals surface area (Å²) in [5.41, 5.74) is 0. The van der Waals surface area contributed by atoms with Crippen molar-refractivity contribution in [2.45, 2.75) is 358 Å². The monoisotopic (exact) mass is 1250 g/mol. The van der Waals surface area contributed by atoms with Gasteiger partial charge in [-0.05, 0) is 96.3 Å². The zero-order chi connectivity index (χ0) is 64.9. The molecule has 0 spiro atoms. The molecule has 0 aromatic carbocycles. The van der Waals surface area contributed by atoms with E-state index in [1.807, 2.05) is 0 Å². The van der Waals surface area contributed by atoms with Crippen LogP contribution in [0.15, 0.2) is 134 Å². The summed E-state index contributed by atoms with van der Waals surface area (Å²) >= 11 is 0. The molecule has 7 atom stereocenters. The number of carbonyl (C=O) groups excluding carboxylic acids is 1. The van der Waals surface area contributed by atoms with Crippen molar-refractivity contribution in [3.8, 4) is 0 Å². The molecule has 90 heavy (non-hydrogen) atoms. The number of aliphatic hydroxyl groups excluding tert-OH is 5. The number of hydrogen-bond donors (Lipinski definition) is 6. The van der Waals surface area contributed by atoms with Crippen molar-refractivity contribution in [1.82, 2.24) is 5.32 Å². The Balaban J connectivity index is 2.15. The van der Waals surface area contributed by atoms with Gasteiger partial charge in [0.25, 0.3) is 0 Å². The molecule has 1 saturated heterocycles. The molecule has 6 N–H and O–H groups in total. The van der Waals surface area contributed by atoms with Crippen molar-refractivity contribution in [2.75, 3.05) is 13.2 Å². The van der Waals surface area contributed by atoms with E-state index in [2.05, 4.69) is 153 Å². The molecule has 1 aliphatic heterocycles. The first-order valence-electron chi connectivity index (χ1n) is 37.4. The normalized spacial score (nSPS) is 18.6. The van der Waals surface area contributed by atoms with Crippen LogP contribution in [0.2, 0.25) is 0 Å². The van der Waals surface area contributed by atoms with Gasteiger partial charge in [0, 0.05) is 6.42 Å². The molecule has 0 bridgehead atoms. The molecule has 7 unspecified atom stereocenters. The Hall–Kier alpha value is -3.67. The van der Waals surface area contributed by atoms with Crippen molar-refractivity contribution in [2.24, 2.45) is 0 Å². The van der Waals surface area contributed by atoms with Gasteiger partial charge in [0.1, 0.15) is 24.4 Å². The van der Waals surface area contributed by atoms with Crippen LogP contribution in [-0.2, 0) is 14.3 Å². The Morgan fingerprint density at radius 2 is 0.689 bits per heavy atom. The Morgan fingerprint density at radius 1 is 0.389 bits per heavy atom. The number of allylic oxidation sites excluding steroid dienone is 22. The van der Waals surface area contributed by atoms with E-state index in [0.29, 0.717) is 12.8 Å². The lowest BCUT2D eigenvalue weighted by Gasteiger charge is -2.40. The van der Waals surface area contributed by atoms with Crippen molar-refractivity contribution in [3.63, 3.8) is 0 Å². The largest absolute Gasteiger partial charge is 0.394 e. The standard InChI is InChI=1S/C81H139NO8/c1-3-5-7-9-11-13-15-17-19-21-23-25-27-29-31-33-34-35-36-37-38-39-40-41-42-43-45-47-49-51-53-55-57-59-61-63-65-67-69-71-77(85)82-74(73-89-81-80(88)79(87)78(86)76(72-83)90-81)75(84)70-68-66-64-62-60-58-56-54-52-50-48-46-44-32-30-28-26-24-22-20-18-16-14-12-10-8-6-4-2/h5,7,11,13,17,19,23,25,29,31,34-35,37-38,40-41,43,45,49,51,55,57,74-76,78-81,83-84,86-88H,3-4,6,8-10,12,14-16,18,20-22,24,26-28,30,32-33,36,39,42,44,46-48,50,52-54,56,58-73H2,1-2H3,(H,82,85)/b7-5-,13-11-,19-17-,25-23-,31-29-,35-34-,38-37-,41-40-,45-43-,51-49-,57-55-. The number of aliphatic hydroxyl groups is 5. The minimum absolute atomic E-state index is 0.153. The molecule has 0 radical (unpaired) electrons. The molecular formula is C81H139NO8. The van der Waals surface area contributed by atoms with Crippen molar-refractivity contribution >= 4 is 5.91 Å². The van der Waals surface area contributed by atoms with E-state index in [9.17, 15) is 30.3 Å². The molecule has 9 heteroatoms. The van der Waals surface area contributed by atoms with Crippen LogP contribution < -0.4 is 5.32 Å². The summed E-state index contributed by atoms with van der Waals surface area (Å²) < 4.78 is 11.4. The fourth-order valence-electron chi connectivity index (χ4n) is 11.2. The summed E-state index contributed by atoms with van der Waals surface area (Å²) in [5.74, 6) is -0.164. The molecule has 0 aliphatic carbocycles. The first-order chi connectivity index (χ1) is 44.3. The zero-order valence-corrected chi connectivity index (χ0v) is 57.9. The van der Waals surface area contributed by atoms with E-state index < -0.39 is 49.5 Å². The van der Waals surface area contributed by atoms with E-state index in [4.69, 9.17) is 9.47 Å². The van der Waals surface area contributed by atoms with Gasteiger partial charge in [-0.2, -0.15) is 0 Å². The predicted octanol–water partition coefficient (Wildman–Crippen LogP) is 21.1. The predicted molar refractivity (Wildman–Crippen MR) is 387 cm³/mol. The number of rotatable bonds is 64. The number of amides is 1. The van der Waals surface area contributed by atoms with E-state index in [1.54, 1.807) is 0 Å². The van der Waals surface area contributed by atoms with Crippen LogP contribution in [0.1, 0.15) is 316 Å². The maximum Gasteiger partial charge on any atom is 0.220 e. The lowest BCUT2D eigenvalue weighted by atomic mass is 9.99.